The van der Waals surface area contributed by atoms with Crippen LogP contribution in [0.15, 0.2) is 36.8 Å². The van der Waals surface area contributed by atoms with Crippen LogP contribution in [0.2, 0.25) is 5.02 Å². The number of nitrogens with one attached hydrogen (secondary N) is 2. The van der Waals surface area contributed by atoms with Gasteiger partial charge >= 0.3 is 0 Å². The van der Waals surface area contributed by atoms with Gasteiger partial charge in [0.25, 0.3) is 5.91 Å². The highest BCUT2D eigenvalue weighted by Gasteiger charge is 2.14. The molecule has 0 aliphatic carbocycles. The molecular formula is C13H10ClIN6O. The number of aromatic amines is 1. The molecule has 22 heavy (non-hydrogen) atoms. The summed E-state index contributed by atoms with van der Waals surface area (Å²) in [6.07, 6.45) is 3.12. The van der Waals surface area contributed by atoms with Crippen LogP contribution in [-0.4, -0.2) is 30.9 Å². The number of carbonyl (C=O) groups is 1. The maximum Gasteiger partial charge on any atom is 0.277 e. The third kappa shape index (κ3) is 3.45. The van der Waals surface area contributed by atoms with Crippen LogP contribution in [0.5, 0.6) is 0 Å². The minimum absolute atomic E-state index is 0.234. The molecule has 0 bridgehead atoms. The molecule has 2 aromatic heterocycles. The standard InChI is InChI=1S/C13H10ClIN6O/c14-9-3-1-2-8(4-9)6-21-7-16-13(20-21)18-12(22)11-10(15)5-17-19-11/h1-5,7H,6H2,(H,17,19)(H,18,20,22). The summed E-state index contributed by atoms with van der Waals surface area (Å²) in [5.41, 5.74) is 1.38. The van der Waals surface area contributed by atoms with Crippen molar-refractivity contribution in [1.82, 2.24) is 25.0 Å². The monoisotopic (exact) mass is 428 g/mol. The van der Waals surface area contributed by atoms with Gasteiger partial charge in [-0.15, -0.1) is 5.10 Å². The highest BCUT2D eigenvalue weighted by atomic mass is 127. The quantitative estimate of drug-likeness (QED) is 0.625. The molecule has 112 valence electrons. The molecule has 7 nitrogen and oxygen atoms in total. The van der Waals surface area contributed by atoms with Crippen molar-refractivity contribution >= 4 is 46.0 Å². The van der Waals surface area contributed by atoms with E-state index in [2.05, 4.69) is 25.6 Å². The highest BCUT2D eigenvalue weighted by Crippen LogP contribution is 2.12. The summed E-state index contributed by atoms with van der Waals surface area (Å²) in [5, 5.41) is 13.9. The Morgan fingerprint density at radius 2 is 2.32 bits per heavy atom. The Morgan fingerprint density at radius 3 is 3.05 bits per heavy atom. The summed E-state index contributed by atoms with van der Waals surface area (Å²) in [6, 6.07) is 7.48. The van der Waals surface area contributed by atoms with E-state index in [9.17, 15) is 4.79 Å². The molecule has 2 N–H and O–H groups in total. The van der Waals surface area contributed by atoms with Crippen LogP contribution in [-0.2, 0) is 6.54 Å². The maximum absolute atomic E-state index is 12.0. The zero-order valence-electron chi connectivity index (χ0n) is 11.1. The minimum Gasteiger partial charge on any atom is -0.288 e. The lowest BCUT2D eigenvalue weighted by atomic mass is 10.2. The minimum atomic E-state index is -0.331. The molecular weight excluding hydrogens is 419 g/mol. The molecule has 0 saturated heterocycles. The number of anilines is 1. The third-order valence-electron chi connectivity index (χ3n) is 2.82. The van der Waals surface area contributed by atoms with E-state index in [0.29, 0.717) is 17.3 Å². The van der Waals surface area contributed by atoms with Crippen LogP contribution >= 0.6 is 34.2 Å². The lowest BCUT2D eigenvalue weighted by Crippen LogP contribution is -2.15. The van der Waals surface area contributed by atoms with Gasteiger partial charge in [0.15, 0.2) is 0 Å². The Hall–Kier alpha value is -1.94. The first-order valence-corrected chi connectivity index (χ1v) is 7.71. The first-order valence-electron chi connectivity index (χ1n) is 6.26. The molecule has 1 amide bonds. The first kappa shape index (κ1) is 15.0. The molecule has 0 saturated carbocycles. The van der Waals surface area contributed by atoms with Gasteiger partial charge in [-0.3, -0.25) is 15.2 Å². The van der Waals surface area contributed by atoms with Gasteiger partial charge in [-0.2, -0.15) is 5.10 Å². The Kier molecular flexibility index (Phi) is 4.39. The number of benzene rings is 1. The van der Waals surface area contributed by atoms with Crippen molar-refractivity contribution in [2.24, 2.45) is 0 Å². The van der Waals surface area contributed by atoms with Gasteiger partial charge in [0.2, 0.25) is 5.95 Å². The second-order valence-corrected chi connectivity index (χ2v) is 6.04. The Labute approximate surface area is 144 Å². The van der Waals surface area contributed by atoms with Crippen LogP contribution < -0.4 is 5.32 Å². The summed E-state index contributed by atoms with van der Waals surface area (Å²) in [4.78, 5) is 16.1. The molecule has 9 heteroatoms. The van der Waals surface area contributed by atoms with Crippen molar-refractivity contribution in [3.63, 3.8) is 0 Å². The largest absolute Gasteiger partial charge is 0.288 e. The van der Waals surface area contributed by atoms with E-state index in [1.807, 2.05) is 46.9 Å². The highest BCUT2D eigenvalue weighted by molar-refractivity contribution is 14.1. The number of H-pyrrole nitrogens is 1. The van der Waals surface area contributed by atoms with Gasteiger partial charge in [-0.05, 0) is 40.3 Å². The number of aromatic nitrogens is 5. The summed E-state index contributed by atoms with van der Waals surface area (Å²) < 4.78 is 2.35. The number of rotatable bonds is 4. The lowest BCUT2D eigenvalue weighted by molar-refractivity contribution is 0.102. The molecule has 3 rings (SSSR count). The van der Waals surface area contributed by atoms with Crippen molar-refractivity contribution in [1.29, 1.82) is 0 Å². The zero-order valence-corrected chi connectivity index (χ0v) is 14.0. The average molecular weight is 429 g/mol. The molecule has 0 fully saturated rings. The average Bonchev–Trinajstić information content (AvgIpc) is 3.08. The number of carbonyl (C=O) groups excluding carboxylic acids is 1. The molecule has 0 aliphatic rings. The van der Waals surface area contributed by atoms with Gasteiger partial charge in [0.1, 0.15) is 12.0 Å². The van der Waals surface area contributed by atoms with E-state index in [1.165, 1.54) is 0 Å². The van der Waals surface area contributed by atoms with Crippen molar-refractivity contribution < 1.29 is 4.79 Å². The molecule has 0 spiro atoms. The third-order valence-corrected chi connectivity index (χ3v) is 3.87. The smallest absolute Gasteiger partial charge is 0.277 e. The van der Waals surface area contributed by atoms with Crippen LogP contribution in [0.1, 0.15) is 16.1 Å². The molecule has 2 heterocycles. The second kappa shape index (κ2) is 6.44. The number of halogens is 2. The van der Waals surface area contributed by atoms with Gasteiger partial charge in [-0.1, -0.05) is 23.7 Å². The maximum atomic E-state index is 12.0. The Bertz CT molecular complexity index is 814. The predicted molar refractivity (Wildman–Crippen MR) is 89.8 cm³/mol. The second-order valence-electron chi connectivity index (χ2n) is 4.44. The van der Waals surface area contributed by atoms with Crippen LogP contribution in [0, 0.1) is 3.57 Å². The molecule has 0 unspecified atom stereocenters. The number of hydrogen-bond donors (Lipinski definition) is 2. The van der Waals surface area contributed by atoms with E-state index >= 15 is 0 Å². The number of hydrogen-bond acceptors (Lipinski definition) is 4. The van der Waals surface area contributed by atoms with Gasteiger partial charge in [0, 0.05) is 5.02 Å². The normalized spacial score (nSPS) is 10.6. The van der Waals surface area contributed by atoms with E-state index in [-0.39, 0.29) is 11.9 Å². The molecule has 1 aromatic carbocycles. The summed E-state index contributed by atoms with van der Waals surface area (Å²) in [7, 11) is 0. The predicted octanol–water partition coefficient (Wildman–Crippen LogP) is 2.56. The summed E-state index contributed by atoms with van der Waals surface area (Å²) >= 11 is 7.97. The zero-order chi connectivity index (χ0) is 15.5. The van der Waals surface area contributed by atoms with E-state index in [0.717, 1.165) is 9.13 Å². The molecule has 0 atom stereocenters. The molecule has 3 aromatic rings. The Balaban J connectivity index is 1.69. The van der Waals surface area contributed by atoms with Crippen LogP contribution in [0.4, 0.5) is 5.95 Å². The van der Waals surface area contributed by atoms with Crippen LogP contribution in [0.25, 0.3) is 0 Å². The van der Waals surface area contributed by atoms with Gasteiger partial charge in [0.05, 0.1) is 16.3 Å². The fraction of sp³-hybridized carbons (Fsp3) is 0.0769. The van der Waals surface area contributed by atoms with Crippen LogP contribution in [0.3, 0.4) is 0 Å². The SMILES string of the molecule is O=C(Nc1ncn(Cc2cccc(Cl)c2)n1)c1[nH]ncc1I. The topological polar surface area (TPSA) is 88.5 Å². The van der Waals surface area contributed by atoms with Gasteiger partial charge in [-0.25, -0.2) is 9.67 Å². The summed E-state index contributed by atoms with van der Waals surface area (Å²) in [6.45, 7) is 0.519. The Morgan fingerprint density at radius 1 is 1.45 bits per heavy atom. The van der Waals surface area contributed by atoms with Gasteiger partial charge < -0.3 is 0 Å². The summed E-state index contributed by atoms with van der Waals surface area (Å²) in [5.74, 6) is -0.0974. The number of amides is 1. The molecule has 0 radical (unpaired) electrons. The van der Waals surface area contributed by atoms with Crippen molar-refractivity contribution in [2.75, 3.05) is 5.32 Å². The van der Waals surface area contributed by atoms with E-state index in [4.69, 9.17) is 11.6 Å². The lowest BCUT2D eigenvalue weighted by Gasteiger charge is -2.01. The first-order chi connectivity index (χ1) is 10.6. The molecule has 0 aliphatic heterocycles. The van der Waals surface area contributed by atoms with Crippen molar-refractivity contribution in [3.05, 3.63) is 56.6 Å². The number of nitrogens with zero attached hydrogens (tertiary/aromatic N) is 4. The van der Waals surface area contributed by atoms with Crippen molar-refractivity contribution in [2.45, 2.75) is 6.54 Å². The fourth-order valence-electron chi connectivity index (χ4n) is 1.85. The van der Waals surface area contributed by atoms with E-state index < -0.39 is 0 Å². The van der Waals surface area contributed by atoms with Crippen molar-refractivity contribution in [3.8, 4) is 0 Å². The van der Waals surface area contributed by atoms with E-state index in [1.54, 1.807) is 17.2 Å². The fourth-order valence-corrected chi connectivity index (χ4v) is 2.56.